The van der Waals surface area contributed by atoms with Gasteiger partial charge in [0.05, 0.1) is 29.3 Å². The van der Waals surface area contributed by atoms with Crippen LogP contribution in [0.3, 0.4) is 0 Å². The van der Waals surface area contributed by atoms with Crippen LogP contribution in [0.1, 0.15) is 47.5 Å². The van der Waals surface area contributed by atoms with Crippen molar-refractivity contribution in [3.63, 3.8) is 0 Å². The Morgan fingerprint density at radius 1 is 1.37 bits per heavy atom. The molecule has 1 amide bonds. The lowest BCUT2D eigenvalue weighted by molar-refractivity contribution is -0.0322. The third-order valence-electron chi connectivity index (χ3n) is 5.78. The van der Waals surface area contributed by atoms with Crippen LogP contribution < -0.4 is 5.32 Å². The molecule has 1 N–H and O–H groups in total. The van der Waals surface area contributed by atoms with Gasteiger partial charge in [-0.15, -0.1) is 11.3 Å². The number of amides is 1. The average Bonchev–Trinajstić information content (AvgIpc) is 3.29. The highest BCUT2D eigenvalue weighted by Gasteiger charge is 2.27. The van der Waals surface area contributed by atoms with Crippen molar-refractivity contribution in [2.45, 2.75) is 38.3 Å². The summed E-state index contributed by atoms with van der Waals surface area (Å²) >= 11 is 8.26. The van der Waals surface area contributed by atoms with Gasteiger partial charge < -0.3 is 15.0 Å². The predicted molar refractivity (Wildman–Crippen MR) is 122 cm³/mol. The molecule has 162 valence electrons. The summed E-state index contributed by atoms with van der Waals surface area (Å²) in [6.07, 6.45) is 5.19. The molecule has 2 atom stereocenters. The second-order valence-electron chi connectivity index (χ2n) is 8.00. The molecule has 0 spiro atoms. The summed E-state index contributed by atoms with van der Waals surface area (Å²) < 4.78 is 5.71. The highest BCUT2D eigenvalue weighted by molar-refractivity contribution is 7.10. The molecule has 6 nitrogen and oxygen atoms in total. The molecule has 2 aromatic rings. The summed E-state index contributed by atoms with van der Waals surface area (Å²) in [7, 11) is 0. The van der Waals surface area contributed by atoms with Crippen molar-refractivity contribution in [3.05, 3.63) is 45.2 Å². The van der Waals surface area contributed by atoms with E-state index in [2.05, 4.69) is 39.6 Å². The number of carbonyl (C=O) groups is 1. The van der Waals surface area contributed by atoms with E-state index in [-0.39, 0.29) is 18.1 Å². The SMILES string of the molecule is CC1CN(C(CNc2ncc(C(=O)N3CCCCC3)cc2Cl)c2cccs2)CCO1. The first-order valence-corrected chi connectivity index (χ1v) is 12.0. The lowest BCUT2D eigenvalue weighted by Gasteiger charge is -2.37. The minimum atomic E-state index is 0.0226. The molecule has 4 rings (SSSR count). The van der Waals surface area contributed by atoms with Crippen LogP contribution in [0.2, 0.25) is 5.02 Å². The number of hydrogen-bond acceptors (Lipinski definition) is 6. The molecule has 2 aliphatic rings. The molecule has 0 radical (unpaired) electrons. The highest BCUT2D eigenvalue weighted by atomic mass is 35.5. The molecule has 2 fully saturated rings. The summed E-state index contributed by atoms with van der Waals surface area (Å²) in [5, 5.41) is 6.01. The van der Waals surface area contributed by atoms with Crippen LogP contribution in [0.15, 0.2) is 29.8 Å². The van der Waals surface area contributed by atoms with Crippen molar-refractivity contribution < 1.29 is 9.53 Å². The van der Waals surface area contributed by atoms with Gasteiger partial charge in [0.15, 0.2) is 0 Å². The van der Waals surface area contributed by atoms with Crippen molar-refractivity contribution in [2.75, 3.05) is 44.6 Å². The lowest BCUT2D eigenvalue weighted by atomic mass is 10.1. The topological polar surface area (TPSA) is 57.7 Å². The molecular formula is C22H29ClN4O2S. The molecule has 0 saturated carbocycles. The molecule has 30 heavy (non-hydrogen) atoms. The van der Waals surface area contributed by atoms with Gasteiger partial charge in [-0.2, -0.15) is 0 Å². The fourth-order valence-corrected chi connectivity index (χ4v) is 5.27. The number of morpholine rings is 1. The predicted octanol–water partition coefficient (Wildman–Crippen LogP) is 4.30. The van der Waals surface area contributed by atoms with Crippen molar-refractivity contribution >= 4 is 34.7 Å². The number of aromatic nitrogens is 1. The van der Waals surface area contributed by atoms with Gasteiger partial charge in [0.25, 0.3) is 5.91 Å². The Morgan fingerprint density at radius 2 is 2.20 bits per heavy atom. The summed E-state index contributed by atoms with van der Waals surface area (Å²) in [5.74, 6) is 0.643. The Hall–Kier alpha value is -1.67. The van der Waals surface area contributed by atoms with Gasteiger partial charge in [-0.3, -0.25) is 9.69 Å². The van der Waals surface area contributed by atoms with Crippen molar-refractivity contribution in [1.29, 1.82) is 0 Å². The van der Waals surface area contributed by atoms with Crippen molar-refractivity contribution in [1.82, 2.24) is 14.8 Å². The van der Waals surface area contributed by atoms with E-state index >= 15 is 0 Å². The summed E-state index contributed by atoms with van der Waals surface area (Å²) in [5.41, 5.74) is 0.560. The normalized spacial score (nSPS) is 21.4. The van der Waals surface area contributed by atoms with Gasteiger partial charge in [0.1, 0.15) is 5.82 Å². The van der Waals surface area contributed by atoms with E-state index in [1.54, 1.807) is 23.6 Å². The molecule has 2 aromatic heterocycles. The quantitative estimate of drug-likeness (QED) is 0.714. The van der Waals surface area contributed by atoms with Crippen LogP contribution in [0, 0.1) is 0 Å². The maximum absolute atomic E-state index is 12.7. The number of piperidine rings is 1. The molecule has 0 aromatic carbocycles. The molecule has 8 heteroatoms. The first-order valence-electron chi connectivity index (χ1n) is 10.7. The zero-order valence-corrected chi connectivity index (χ0v) is 18.9. The number of ether oxygens (including phenoxy) is 1. The van der Waals surface area contributed by atoms with Crippen LogP contribution in [-0.4, -0.2) is 66.1 Å². The third kappa shape index (κ3) is 5.14. The Morgan fingerprint density at radius 3 is 2.90 bits per heavy atom. The number of likely N-dealkylation sites (tertiary alicyclic amines) is 1. The first kappa shape index (κ1) is 21.6. The van der Waals surface area contributed by atoms with E-state index in [9.17, 15) is 4.79 Å². The van der Waals surface area contributed by atoms with Gasteiger partial charge in [-0.25, -0.2) is 4.98 Å². The van der Waals surface area contributed by atoms with E-state index in [1.807, 2.05) is 4.90 Å². The van der Waals surface area contributed by atoms with Crippen molar-refractivity contribution in [3.8, 4) is 0 Å². The molecular weight excluding hydrogens is 420 g/mol. The van der Waals surface area contributed by atoms with Gasteiger partial charge in [-0.1, -0.05) is 17.7 Å². The van der Waals surface area contributed by atoms with Gasteiger partial charge in [0.2, 0.25) is 0 Å². The molecule has 2 aliphatic heterocycles. The number of anilines is 1. The largest absolute Gasteiger partial charge is 0.376 e. The minimum absolute atomic E-state index is 0.0226. The lowest BCUT2D eigenvalue weighted by Crippen LogP contribution is -2.44. The fraction of sp³-hybridized carbons (Fsp3) is 0.545. The molecule has 4 heterocycles. The van der Waals surface area contributed by atoms with Crippen LogP contribution in [-0.2, 0) is 4.74 Å². The Kier molecular flexibility index (Phi) is 7.25. The maximum atomic E-state index is 12.7. The number of nitrogens with one attached hydrogen (secondary N) is 1. The fourth-order valence-electron chi connectivity index (χ4n) is 4.18. The van der Waals surface area contributed by atoms with Gasteiger partial charge >= 0.3 is 0 Å². The second kappa shape index (κ2) is 10.1. The zero-order chi connectivity index (χ0) is 20.9. The van der Waals surface area contributed by atoms with Crippen LogP contribution in [0.4, 0.5) is 5.82 Å². The standard InChI is InChI=1S/C22H29ClN4O2S/c1-16-15-27(9-10-29-16)19(20-6-5-11-30-20)14-25-21-18(23)12-17(13-24-21)22(28)26-7-3-2-4-8-26/h5-6,11-13,16,19H,2-4,7-10,14-15H2,1H3,(H,24,25). The first-order chi connectivity index (χ1) is 14.6. The molecule has 0 bridgehead atoms. The summed E-state index contributed by atoms with van der Waals surface area (Å²) in [4.78, 5) is 22.9. The van der Waals surface area contributed by atoms with Crippen LogP contribution >= 0.6 is 22.9 Å². The number of nitrogens with zero attached hydrogens (tertiary/aromatic N) is 3. The summed E-state index contributed by atoms with van der Waals surface area (Å²) in [6.45, 7) is 6.98. The van der Waals surface area contributed by atoms with Crippen LogP contribution in [0.25, 0.3) is 0 Å². The van der Waals surface area contributed by atoms with Gasteiger partial charge in [-0.05, 0) is 43.7 Å². The van der Waals surface area contributed by atoms with E-state index in [0.717, 1.165) is 45.6 Å². The van der Waals surface area contributed by atoms with E-state index in [0.29, 0.717) is 22.9 Å². The Labute approximate surface area is 187 Å². The van der Waals surface area contributed by atoms with Crippen LogP contribution in [0.5, 0.6) is 0 Å². The van der Waals surface area contributed by atoms with Gasteiger partial charge in [0, 0.05) is 43.8 Å². The number of rotatable bonds is 6. The number of halogens is 1. The smallest absolute Gasteiger partial charge is 0.255 e. The summed E-state index contributed by atoms with van der Waals surface area (Å²) in [6, 6.07) is 6.23. The number of hydrogen-bond donors (Lipinski definition) is 1. The number of pyridine rings is 1. The molecule has 2 saturated heterocycles. The molecule has 0 aliphatic carbocycles. The Balaban J connectivity index is 1.44. The minimum Gasteiger partial charge on any atom is -0.376 e. The van der Waals surface area contributed by atoms with E-state index < -0.39 is 0 Å². The monoisotopic (exact) mass is 448 g/mol. The highest BCUT2D eigenvalue weighted by Crippen LogP contribution is 2.29. The van der Waals surface area contributed by atoms with Crippen molar-refractivity contribution in [2.24, 2.45) is 0 Å². The second-order valence-corrected chi connectivity index (χ2v) is 9.38. The zero-order valence-electron chi connectivity index (χ0n) is 17.3. The molecule has 2 unspecified atom stereocenters. The van der Waals surface area contributed by atoms with E-state index in [4.69, 9.17) is 16.3 Å². The maximum Gasteiger partial charge on any atom is 0.255 e. The van der Waals surface area contributed by atoms with E-state index in [1.165, 1.54) is 11.3 Å². The number of thiophene rings is 1. The third-order valence-corrected chi connectivity index (χ3v) is 7.04. The number of carbonyl (C=O) groups excluding carboxylic acids is 1. The Bertz CT molecular complexity index is 842. The average molecular weight is 449 g/mol.